The maximum Gasteiger partial charge on any atom is 0.122 e. The van der Waals surface area contributed by atoms with Gasteiger partial charge in [0, 0.05) is 11.9 Å². The molecular formula is C27H26ClO2P. The van der Waals surface area contributed by atoms with Crippen LogP contribution in [0.5, 0.6) is 11.5 Å². The van der Waals surface area contributed by atoms with Gasteiger partial charge in [-0.05, 0) is 41.5 Å². The maximum absolute atomic E-state index is 5.67. The molecule has 4 heteroatoms. The van der Waals surface area contributed by atoms with Gasteiger partial charge in [-0.2, -0.15) is 0 Å². The van der Waals surface area contributed by atoms with Crippen molar-refractivity contribution in [2.45, 2.75) is 5.88 Å². The van der Waals surface area contributed by atoms with E-state index in [4.69, 9.17) is 21.1 Å². The van der Waals surface area contributed by atoms with E-state index in [1.165, 1.54) is 15.9 Å². The Labute approximate surface area is 191 Å². The molecule has 0 aliphatic rings. The second-order valence-corrected chi connectivity index (χ2v) is 9.18. The average Bonchev–Trinajstić information content (AvgIpc) is 2.86. The van der Waals surface area contributed by atoms with Crippen LogP contribution in [0.3, 0.4) is 0 Å². The van der Waals surface area contributed by atoms with Crippen LogP contribution in [0.4, 0.5) is 0 Å². The van der Waals surface area contributed by atoms with Crippen LogP contribution in [0.1, 0.15) is 5.56 Å². The van der Waals surface area contributed by atoms with E-state index in [-0.39, 0.29) is 0 Å². The van der Waals surface area contributed by atoms with Crippen molar-refractivity contribution in [2.24, 2.45) is 0 Å². The van der Waals surface area contributed by atoms with E-state index < -0.39 is 7.92 Å². The molecule has 0 N–H and O–H groups in total. The molecule has 0 radical (unpaired) electrons. The Kier molecular flexibility index (Phi) is 8.97. The molecule has 0 atom stereocenters. The van der Waals surface area contributed by atoms with Crippen molar-refractivity contribution in [3.8, 4) is 11.5 Å². The molecule has 0 aliphatic carbocycles. The van der Waals surface area contributed by atoms with Crippen molar-refractivity contribution in [1.82, 2.24) is 0 Å². The lowest BCUT2D eigenvalue weighted by Crippen LogP contribution is -2.20. The van der Waals surface area contributed by atoms with Gasteiger partial charge >= 0.3 is 0 Å². The third kappa shape index (κ3) is 6.59. The van der Waals surface area contributed by atoms with E-state index in [1.54, 1.807) is 14.2 Å². The number of methoxy groups -OCH3 is 2. The topological polar surface area (TPSA) is 18.5 Å². The van der Waals surface area contributed by atoms with Crippen LogP contribution in [0.2, 0.25) is 0 Å². The molecule has 0 unspecified atom stereocenters. The fraction of sp³-hybridized carbons (Fsp3) is 0.111. The summed E-state index contributed by atoms with van der Waals surface area (Å²) >= 11 is 5.67. The molecule has 0 aliphatic heterocycles. The molecule has 4 rings (SSSR count). The molecule has 0 saturated carbocycles. The lowest BCUT2D eigenvalue weighted by atomic mass is 10.2. The molecule has 0 bridgehead atoms. The molecule has 0 saturated heterocycles. The van der Waals surface area contributed by atoms with E-state index in [2.05, 4.69) is 91.0 Å². The first-order chi connectivity index (χ1) is 15.2. The molecule has 4 aromatic carbocycles. The van der Waals surface area contributed by atoms with Gasteiger partial charge in [0.25, 0.3) is 0 Å². The summed E-state index contributed by atoms with van der Waals surface area (Å²) in [5.74, 6) is 2.00. The van der Waals surface area contributed by atoms with Crippen molar-refractivity contribution < 1.29 is 9.47 Å². The summed E-state index contributed by atoms with van der Waals surface area (Å²) in [6.45, 7) is 0. The molecule has 0 aromatic heterocycles. The highest BCUT2D eigenvalue weighted by Crippen LogP contribution is 2.32. The Morgan fingerprint density at radius 3 is 1.23 bits per heavy atom. The molecule has 31 heavy (non-hydrogen) atoms. The minimum Gasteiger partial charge on any atom is -0.497 e. The van der Waals surface area contributed by atoms with Gasteiger partial charge in [-0.1, -0.05) is 91.0 Å². The zero-order valence-electron chi connectivity index (χ0n) is 17.7. The summed E-state index contributed by atoms with van der Waals surface area (Å²) in [6, 6.07) is 37.9. The quantitative estimate of drug-likeness (QED) is 0.270. The third-order valence-electron chi connectivity index (χ3n) is 4.61. The number of rotatable bonds is 6. The smallest absolute Gasteiger partial charge is 0.122 e. The van der Waals surface area contributed by atoms with Crippen molar-refractivity contribution in [3.05, 3.63) is 115 Å². The zero-order chi connectivity index (χ0) is 21.9. The van der Waals surface area contributed by atoms with Crippen LogP contribution in [-0.2, 0) is 5.88 Å². The lowest BCUT2D eigenvalue weighted by Gasteiger charge is -2.18. The summed E-state index contributed by atoms with van der Waals surface area (Å²) in [7, 11) is 2.79. The monoisotopic (exact) mass is 448 g/mol. The van der Waals surface area contributed by atoms with Gasteiger partial charge in [0.2, 0.25) is 0 Å². The summed E-state index contributed by atoms with van der Waals surface area (Å²) < 4.78 is 10.1. The lowest BCUT2D eigenvalue weighted by molar-refractivity contribution is 0.393. The predicted octanol–water partition coefficient (Wildman–Crippen LogP) is 5.89. The Balaban J connectivity index is 0.000000196. The standard InChI is InChI=1S/C18H15P.C9H11ClO2/c1-4-10-16(11-5-1)19(17-12-6-2-7-13-17)18-14-8-3-9-15-18;1-11-8-3-7(6-10)4-9(5-8)12-2/h1-15H;3-5H,6H2,1-2H3. The van der Waals surface area contributed by atoms with Gasteiger partial charge in [-0.3, -0.25) is 0 Å². The second-order valence-electron chi connectivity index (χ2n) is 6.70. The summed E-state index contributed by atoms with van der Waals surface area (Å²) in [4.78, 5) is 0. The van der Waals surface area contributed by atoms with Gasteiger partial charge < -0.3 is 9.47 Å². The van der Waals surface area contributed by atoms with E-state index in [0.717, 1.165) is 17.1 Å². The Hall–Kier alpha value is -2.80. The number of alkyl halides is 1. The highest BCUT2D eigenvalue weighted by molar-refractivity contribution is 7.79. The van der Waals surface area contributed by atoms with E-state index >= 15 is 0 Å². The van der Waals surface area contributed by atoms with Gasteiger partial charge in [-0.15, -0.1) is 11.6 Å². The fourth-order valence-corrected chi connectivity index (χ4v) is 5.58. The minimum absolute atomic E-state index is 0.446. The van der Waals surface area contributed by atoms with Crippen LogP contribution < -0.4 is 25.4 Å². The molecule has 158 valence electrons. The van der Waals surface area contributed by atoms with Crippen molar-refractivity contribution in [1.29, 1.82) is 0 Å². The minimum atomic E-state index is -0.446. The first-order valence-electron chi connectivity index (χ1n) is 9.98. The molecular weight excluding hydrogens is 423 g/mol. The number of ether oxygens (including phenoxy) is 2. The number of hydrogen-bond acceptors (Lipinski definition) is 2. The Bertz CT molecular complexity index is 891. The number of halogens is 1. The normalized spacial score (nSPS) is 10.2. The SMILES string of the molecule is COc1cc(CCl)cc(OC)c1.c1ccc(P(c2ccccc2)c2ccccc2)cc1. The highest BCUT2D eigenvalue weighted by atomic mass is 35.5. The first-order valence-corrected chi connectivity index (χ1v) is 11.9. The Morgan fingerprint density at radius 1 is 0.581 bits per heavy atom. The molecule has 0 spiro atoms. The van der Waals surface area contributed by atoms with Gasteiger partial charge in [-0.25, -0.2) is 0 Å². The molecule has 0 fully saturated rings. The van der Waals surface area contributed by atoms with Crippen molar-refractivity contribution >= 4 is 35.4 Å². The summed E-state index contributed by atoms with van der Waals surface area (Å²) in [5.41, 5.74) is 0.993. The van der Waals surface area contributed by atoms with Crippen LogP contribution in [-0.4, -0.2) is 14.2 Å². The predicted molar refractivity (Wildman–Crippen MR) is 134 cm³/mol. The van der Waals surface area contributed by atoms with Crippen molar-refractivity contribution in [2.75, 3.05) is 14.2 Å². The Morgan fingerprint density at radius 2 is 0.935 bits per heavy atom. The van der Waals surface area contributed by atoms with Crippen LogP contribution in [0, 0.1) is 0 Å². The third-order valence-corrected chi connectivity index (χ3v) is 7.36. The van der Waals surface area contributed by atoms with E-state index in [0.29, 0.717) is 5.88 Å². The van der Waals surface area contributed by atoms with Gasteiger partial charge in [0.15, 0.2) is 0 Å². The zero-order valence-corrected chi connectivity index (χ0v) is 19.4. The fourth-order valence-electron chi connectivity index (χ4n) is 3.12. The first kappa shape index (κ1) is 22.9. The number of benzene rings is 4. The van der Waals surface area contributed by atoms with Gasteiger partial charge in [0.1, 0.15) is 11.5 Å². The second kappa shape index (κ2) is 12.2. The summed E-state index contributed by atoms with van der Waals surface area (Å²) in [5, 5.41) is 4.19. The molecule has 2 nitrogen and oxygen atoms in total. The summed E-state index contributed by atoms with van der Waals surface area (Å²) in [6.07, 6.45) is 0. The number of hydrogen-bond donors (Lipinski definition) is 0. The van der Waals surface area contributed by atoms with E-state index in [1.807, 2.05) is 18.2 Å². The average molecular weight is 449 g/mol. The molecule has 0 amide bonds. The molecule has 4 aromatic rings. The van der Waals surface area contributed by atoms with Crippen LogP contribution >= 0.6 is 19.5 Å². The van der Waals surface area contributed by atoms with Crippen LogP contribution in [0.25, 0.3) is 0 Å². The van der Waals surface area contributed by atoms with Crippen molar-refractivity contribution in [3.63, 3.8) is 0 Å². The largest absolute Gasteiger partial charge is 0.497 e. The maximum atomic E-state index is 5.67. The van der Waals surface area contributed by atoms with E-state index in [9.17, 15) is 0 Å². The highest BCUT2D eigenvalue weighted by Gasteiger charge is 2.14. The van der Waals surface area contributed by atoms with Crippen LogP contribution in [0.15, 0.2) is 109 Å². The molecule has 0 heterocycles. The van der Waals surface area contributed by atoms with Gasteiger partial charge in [0.05, 0.1) is 14.2 Å².